The maximum absolute atomic E-state index is 11.4. The molecule has 0 bridgehead atoms. The van der Waals surface area contributed by atoms with Crippen LogP contribution in [0.5, 0.6) is 0 Å². The van der Waals surface area contributed by atoms with Crippen molar-refractivity contribution < 1.29 is 135 Å². The number of amides is 13. The molecule has 7 aliphatic rings. The molecule has 3 saturated heterocycles. The van der Waals surface area contributed by atoms with Crippen molar-refractivity contribution in [3.05, 3.63) is 48.6 Å². The number of carbonyl (C=O) groups excluding carboxylic acids is 17. The van der Waals surface area contributed by atoms with Gasteiger partial charge in [-0.1, -0.05) is 10.1 Å². The molecule has 13 amide bonds. The highest BCUT2D eigenvalue weighted by Crippen LogP contribution is 2.17. The average molecular weight is 1120 g/mol. The Kier molecular flexibility index (Phi) is 28.1. The number of hydrogen-bond acceptors (Lipinski definition) is 27. The number of nitrogens with two attached hydrogens (primary N) is 2. The molecule has 0 spiro atoms. The van der Waals surface area contributed by atoms with Gasteiger partial charge in [0.05, 0.1) is 32.8 Å². The third kappa shape index (κ3) is 23.7. The van der Waals surface area contributed by atoms with Gasteiger partial charge in [0.2, 0.25) is 0 Å². The van der Waals surface area contributed by atoms with Gasteiger partial charge in [-0.3, -0.25) is 91.4 Å². The zero-order chi connectivity index (χ0) is 60.1. The Bertz CT molecular complexity index is 2480. The maximum atomic E-state index is 11.4. The number of methoxy groups -OCH3 is 1. The fourth-order valence-electron chi connectivity index (χ4n) is 5.22. The first-order valence-corrected chi connectivity index (χ1v) is 22.0. The lowest BCUT2D eigenvalue weighted by molar-refractivity contribution is -0.198. The predicted molar refractivity (Wildman–Crippen MR) is 242 cm³/mol. The molecule has 0 aromatic carbocycles. The molecule has 36 nitrogen and oxygen atoms in total. The summed E-state index contributed by atoms with van der Waals surface area (Å²) < 4.78 is 8.15. The molecule has 0 atom stereocenters. The van der Waals surface area contributed by atoms with Gasteiger partial charge in [0.1, 0.15) is 0 Å². The Labute approximate surface area is 441 Å². The molecule has 79 heavy (non-hydrogen) atoms. The Balaban J connectivity index is 0.000000482. The van der Waals surface area contributed by atoms with E-state index >= 15 is 0 Å². The Hall–Kier alpha value is -10.5. The second kappa shape index (κ2) is 33.4. The van der Waals surface area contributed by atoms with Crippen molar-refractivity contribution in [1.82, 2.24) is 29.9 Å². The normalized spacial score (nSPS) is 16.4. The molecule has 7 N–H and O–H groups in total. The van der Waals surface area contributed by atoms with Gasteiger partial charge < -0.3 is 41.1 Å². The standard InChI is InChI=1S/C11H10N2O6.C9H8N2O7.C7H7NO4.C6H5NO4.C4H2O3.2C3H7NO2/c14-7-1-2-8(15)12(7)6-5-11(18)19-13-9(16)3-4-10(13)17;12-5-1-2-6(13)10(5)17-9(16)18-11-7(14)3-4-8(11)15;9-5-1-2-6(10)8(5)4-3-7(11)12;1-11-6(10)7-4(8)2-3-5(7)9;5-3-1-2-4(6)7-3;2*4-2-1-3(5)6/h1-2H,3-6H2;1-4H2;1-2H,3-4H2,(H,11,12);2-3H,1H3;1-2H;2*1-2,4H2,(H,5,6). The molecule has 7 aliphatic heterocycles. The lowest BCUT2D eigenvalue weighted by Gasteiger charge is -2.15. The smallest absolute Gasteiger partial charge is 0.481 e. The summed E-state index contributed by atoms with van der Waals surface area (Å²) in [6, 6.07) is 0. The Morgan fingerprint density at radius 3 is 0.987 bits per heavy atom. The third-order valence-corrected chi connectivity index (χ3v) is 8.87. The molecule has 0 aromatic rings. The van der Waals surface area contributed by atoms with Crippen LogP contribution >= 0.6 is 0 Å². The van der Waals surface area contributed by atoms with E-state index in [9.17, 15) is 95.9 Å². The number of carboxylic acids is 3. The minimum Gasteiger partial charge on any atom is -0.481 e. The number of imide groups is 8. The molecule has 0 saturated carbocycles. The number of carboxylic acid groups (broad SMARTS) is 3. The highest BCUT2D eigenvalue weighted by molar-refractivity contribution is 6.21. The molecule has 0 radical (unpaired) electrons. The van der Waals surface area contributed by atoms with Crippen LogP contribution in [0.1, 0.15) is 64.2 Å². The van der Waals surface area contributed by atoms with E-state index < -0.39 is 119 Å². The largest absolute Gasteiger partial charge is 0.560 e. The van der Waals surface area contributed by atoms with Gasteiger partial charge in [0.15, 0.2) is 0 Å². The van der Waals surface area contributed by atoms with Crippen molar-refractivity contribution in [3.8, 4) is 0 Å². The minimum atomic E-state index is -1.48. The average Bonchev–Trinajstić information content (AvgIpc) is 4.27. The van der Waals surface area contributed by atoms with Crippen LogP contribution in [0.25, 0.3) is 0 Å². The van der Waals surface area contributed by atoms with Crippen LogP contribution in [0.4, 0.5) is 9.59 Å². The van der Waals surface area contributed by atoms with Gasteiger partial charge in [0, 0.05) is 113 Å². The maximum Gasteiger partial charge on any atom is 0.560 e. The topological polar surface area (TPSA) is 520 Å². The number of nitrogens with zero attached hydrogens (tertiary/aromatic N) is 6. The van der Waals surface area contributed by atoms with Crippen molar-refractivity contribution >= 4 is 119 Å². The van der Waals surface area contributed by atoms with Crippen molar-refractivity contribution in [2.75, 3.05) is 33.3 Å². The number of hydroxylamine groups is 6. The zero-order valence-corrected chi connectivity index (χ0v) is 40.9. The number of carbonyl (C=O) groups is 20. The summed E-state index contributed by atoms with van der Waals surface area (Å²) in [5.74, 6) is -11.8. The Morgan fingerprint density at radius 1 is 0.443 bits per heavy atom. The quantitative estimate of drug-likeness (QED) is 0.0662. The highest BCUT2D eigenvalue weighted by Gasteiger charge is 2.38. The van der Waals surface area contributed by atoms with Crippen molar-refractivity contribution in [2.45, 2.75) is 64.2 Å². The molecular formula is C43H46N8O28. The van der Waals surface area contributed by atoms with Gasteiger partial charge >= 0.3 is 48.1 Å². The van der Waals surface area contributed by atoms with Crippen LogP contribution in [-0.4, -0.2) is 197 Å². The van der Waals surface area contributed by atoms with Gasteiger partial charge in [-0.25, -0.2) is 19.2 Å². The fourth-order valence-corrected chi connectivity index (χ4v) is 5.22. The molecule has 36 heteroatoms. The summed E-state index contributed by atoms with van der Waals surface area (Å²) in [6.45, 7) is 0.254. The second-order valence-electron chi connectivity index (χ2n) is 14.6. The number of hydrogen-bond donors (Lipinski definition) is 5. The van der Waals surface area contributed by atoms with Crippen molar-refractivity contribution in [3.63, 3.8) is 0 Å². The van der Waals surface area contributed by atoms with E-state index in [-0.39, 0.29) is 101 Å². The van der Waals surface area contributed by atoms with E-state index in [4.69, 9.17) is 26.8 Å². The molecular weight excluding hydrogens is 1080 g/mol. The molecule has 7 rings (SSSR count). The molecule has 0 aliphatic carbocycles. The van der Waals surface area contributed by atoms with Crippen molar-refractivity contribution in [2.24, 2.45) is 11.5 Å². The highest BCUT2D eigenvalue weighted by atomic mass is 16.9. The van der Waals surface area contributed by atoms with E-state index in [0.29, 0.717) is 9.96 Å². The number of cyclic esters (lactones) is 2. The van der Waals surface area contributed by atoms with E-state index in [1.807, 2.05) is 0 Å². The summed E-state index contributed by atoms with van der Waals surface area (Å²) in [4.78, 5) is 230. The van der Waals surface area contributed by atoms with Crippen molar-refractivity contribution in [1.29, 1.82) is 0 Å². The first kappa shape index (κ1) is 66.5. The van der Waals surface area contributed by atoms with Gasteiger partial charge in [-0.15, -0.1) is 5.06 Å². The van der Waals surface area contributed by atoms with Crippen LogP contribution < -0.4 is 11.5 Å². The molecule has 3 fully saturated rings. The van der Waals surface area contributed by atoms with E-state index in [2.05, 4.69) is 24.0 Å². The van der Waals surface area contributed by atoms with Gasteiger partial charge in [0.25, 0.3) is 70.9 Å². The number of esters is 2. The fraction of sp³-hybridized carbons (Fsp3) is 0.349. The van der Waals surface area contributed by atoms with Crippen LogP contribution in [0, 0.1) is 0 Å². The predicted octanol–water partition coefficient (Wildman–Crippen LogP) is -4.29. The summed E-state index contributed by atoms with van der Waals surface area (Å²) in [7, 11) is 1.10. The van der Waals surface area contributed by atoms with Gasteiger partial charge in [-0.05, 0) is 0 Å². The lowest BCUT2D eigenvalue weighted by Crippen LogP contribution is -2.37. The zero-order valence-electron chi connectivity index (χ0n) is 40.9. The van der Waals surface area contributed by atoms with Crippen LogP contribution in [0.15, 0.2) is 48.6 Å². The third-order valence-electron chi connectivity index (χ3n) is 8.87. The van der Waals surface area contributed by atoms with Crippen LogP contribution in [0.3, 0.4) is 0 Å². The summed E-state index contributed by atoms with van der Waals surface area (Å²) in [6.07, 6.45) is 5.64. The SMILES string of the molecule is COC(=O)N1C(=O)C=CC1=O.NCCC(=O)O.NCCC(=O)O.O=C(CCN1C(=O)C=CC1=O)ON1C(=O)CCC1=O.O=C(O)CCN1C(=O)C=CC1=O.O=C(ON1C(=O)CCC1=O)ON1C(=O)CCC1=O.O=C1C=CC(=O)O1. The minimum absolute atomic E-state index is 0.0130. The summed E-state index contributed by atoms with van der Waals surface area (Å²) in [5.41, 5.74) is 9.70. The number of ether oxygens (including phenoxy) is 2. The number of aliphatic carboxylic acids is 3. The first-order chi connectivity index (χ1) is 37.1. The Morgan fingerprint density at radius 2 is 0.734 bits per heavy atom. The number of rotatable bonds is 13. The lowest BCUT2D eigenvalue weighted by atomic mass is 10.4. The van der Waals surface area contributed by atoms with E-state index in [0.717, 1.165) is 65.5 Å². The second-order valence-corrected chi connectivity index (χ2v) is 14.6. The molecule has 0 aromatic heterocycles. The molecule has 0 unspecified atom stereocenters. The van der Waals surface area contributed by atoms with Gasteiger partial charge in [-0.2, -0.15) is 9.69 Å². The molecule has 7 heterocycles. The first-order valence-electron chi connectivity index (χ1n) is 22.0. The van der Waals surface area contributed by atoms with Crippen LogP contribution in [0.2, 0.25) is 0 Å². The summed E-state index contributed by atoms with van der Waals surface area (Å²) in [5, 5.41) is 24.9. The van der Waals surface area contributed by atoms with E-state index in [1.165, 1.54) is 0 Å². The van der Waals surface area contributed by atoms with Crippen LogP contribution in [-0.2, 0) is 110 Å². The molecule has 426 valence electrons. The summed E-state index contributed by atoms with van der Waals surface area (Å²) >= 11 is 0. The van der Waals surface area contributed by atoms with E-state index in [1.54, 1.807) is 0 Å². The monoisotopic (exact) mass is 1120 g/mol.